The van der Waals surface area contributed by atoms with Gasteiger partial charge in [0.25, 0.3) is 0 Å². The van der Waals surface area contributed by atoms with E-state index in [1.165, 1.54) is 13.2 Å². The smallest absolute Gasteiger partial charge is 0.407 e. The third-order valence-electron chi connectivity index (χ3n) is 6.58. The van der Waals surface area contributed by atoms with Gasteiger partial charge in [-0.3, -0.25) is 4.79 Å². The molecule has 1 fully saturated rings. The van der Waals surface area contributed by atoms with E-state index in [0.29, 0.717) is 36.5 Å². The Bertz CT molecular complexity index is 1330. The standard InChI is InChI=1S/C31H36FN3O5/c1-31(2,3)40-30(37)34-22-12-8-11-21(15-22)29(36)35-28-17-25(26(32)18-33-28)24-14-13-23(16-27(24)38-4)39-19-20-9-6-5-7-10-20/h5-7,9-10,13-14,16-18,21-22H,8,11-12,15,19H2,1-4H3,(H,34,37)(H,33,35,36)/t21-,22+/m0/s1. The molecule has 0 bridgehead atoms. The van der Waals surface area contributed by atoms with Gasteiger partial charge >= 0.3 is 6.09 Å². The number of benzene rings is 2. The lowest BCUT2D eigenvalue weighted by Gasteiger charge is -2.30. The van der Waals surface area contributed by atoms with Crippen molar-refractivity contribution in [2.75, 3.05) is 12.4 Å². The summed E-state index contributed by atoms with van der Waals surface area (Å²) < 4.78 is 31.7. The van der Waals surface area contributed by atoms with Crippen molar-refractivity contribution in [2.45, 2.75) is 64.7 Å². The molecule has 8 nitrogen and oxygen atoms in total. The fourth-order valence-electron chi connectivity index (χ4n) is 4.70. The van der Waals surface area contributed by atoms with Crippen molar-refractivity contribution >= 4 is 17.8 Å². The van der Waals surface area contributed by atoms with Gasteiger partial charge in [-0.25, -0.2) is 14.2 Å². The SMILES string of the molecule is COc1cc(OCc2ccccc2)ccc1-c1cc(NC(=O)[C@H]2CCC[C@@H](NC(=O)OC(C)(C)C)C2)ncc1F. The number of ether oxygens (including phenoxy) is 3. The van der Waals surface area contributed by atoms with Gasteiger partial charge in [0.15, 0.2) is 0 Å². The van der Waals surface area contributed by atoms with Crippen LogP contribution in [0.25, 0.3) is 11.1 Å². The predicted octanol–water partition coefficient (Wildman–Crippen LogP) is 6.50. The lowest BCUT2D eigenvalue weighted by molar-refractivity contribution is -0.121. The molecule has 1 aliphatic rings. The number of pyridine rings is 1. The van der Waals surface area contributed by atoms with Crippen LogP contribution in [0.5, 0.6) is 11.5 Å². The fraction of sp³-hybridized carbons (Fsp3) is 0.387. The second-order valence-electron chi connectivity index (χ2n) is 10.9. The van der Waals surface area contributed by atoms with Crippen molar-refractivity contribution in [2.24, 2.45) is 5.92 Å². The molecular weight excluding hydrogens is 513 g/mol. The maximum absolute atomic E-state index is 14.9. The van der Waals surface area contributed by atoms with Crippen LogP contribution in [0.2, 0.25) is 0 Å². The third-order valence-corrected chi connectivity index (χ3v) is 6.58. The first-order valence-electron chi connectivity index (χ1n) is 13.4. The quantitative estimate of drug-likeness (QED) is 0.333. The summed E-state index contributed by atoms with van der Waals surface area (Å²) in [6.45, 7) is 5.80. The van der Waals surface area contributed by atoms with Gasteiger partial charge in [-0.15, -0.1) is 0 Å². The van der Waals surface area contributed by atoms with Gasteiger partial charge in [-0.1, -0.05) is 36.8 Å². The number of carbonyl (C=O) groups excluding carboxylic acids is 2. The zero-order valence-corrected chi connectivity index (χ0v) is 23.3. The molecule has 1 aromatic heterocycles. The number of rotatable bonds is 8. The Morgan fingerprint density at radius 1 is 1.05 bits per heavy atom. The summed E-state index contributed by atoms with van der Waals surface area (Å²) in [7, 11) is 1.51. The highest BCUT2D eigenvalue weighted by Crippen LogP contribution is 2.36. The normalized spacial score (nSPS) is 17.0. The van der Waals surface area contributed by atoms with E-state index in [2.05, 4.69) is 15.6 Å². The van der Waals surface area contributed by atoms with Crippen molar-refractivity contribution < 1.29 is 28.2 Å². The number of halogens is 1. The molecule has 9 heteroatoms. The summed E-state index contributed by atoms with van der Waals surface area (Å²) in [6, 6.07) is 16.3. The minimum absolute atomic E-state index is 0.164. The highest BCUT2D eigenvalue weighted by Gasteiger charge is 2.30. The number of methoxy groups -OCH3 is 1. The van der Waals surface area contributed by atoms with Crippen molar-refractivity contribution in [3.05, 3.63) is 72.2 Å². The monoisotopic (exact) mass is 549 g/mol. The molecule has 2 aromatic carbocycles. The number of aromatic nitrogens is 1. The van der Waals surface area contributed by atoms with Crippen LogP contribution in [-0.4, -0.2) is 35.7 Å². The van der Waals surface area contributed by atoms with E-state index in [0.717, 1.165) is 24.6 Å². The Balaban J connectivity index is 1.43. The van der Waals surface area contributed by atoms with Crippen LogP contribution in [0, 0.1) is 11.7 Å². The molecule has 1 heterocycles. The fourth-order valence-corrected chi connectivity index (χ4v) is 4.70. The average molecular weight is 550 g/mol. The van der Waals surface area contributed by atoms with Crippen LogP contribution >= 0.6 is 0 Å². The Morgan fingerprint density at radius 2 is 1.82 bits per heavy atom. The molecule has 0 spiro atoms. The highest BCUT2D eigenvalue weighted by atomic mass is 19.1. The van der Waals surface area contributed by atoms with Gasteiger partial charge in [0, 0.05) is 29.2 Å². The van der Waals surface area contributed by atoms with E-state index >= 15 is 0 Å². The van der Waals surface area contributed by atoms with Crippen molar-refractivity contribution in [3.8, 4) is 22.6 Å². The van der Waals surface area contributed by atoms with E-state index in [1.54, 1.807) is 39.0 Å². The van der Waals surface area contributed by atoms with Gasteiger partial charge < -0.3 is 24.8 Å². The number of anilines is 1. The number of nitrogens with one attached hydrogen (secondary N) is 2. The van der Waals surface area contributed by atoms with Gasteiger partial charge in [-0.05, 0) is 63.8 Å². The van der Waals surface area contributed by atoms with Crippen LogP contribution in [0.3, 0.4) is 0 Å². The number of carbonyl (C=O) groups is 2. The van der Waals surface area contributed by atoms with Crippen LogP contribution < -0.4 is 20.1 Å². The van der Waals surface area contributed by atoms with Crippen molar-refractivity contribution in [1.29, 1.82) is 0 Å². The van der Waals surface area contributed by atoms with Crippen LogP contribution in [0.1, 0.15) is 52.0 Å². The number of amides is 2. The zero-order valence-electron chi connectivity index (χ0n) is 23.3. The molecule has 3 aromatic rings. The second kappa shape index (κ2) is 12.8. The van der Waals surface area contributed by atoms with E-state index in [9.17, 15) is 14.0 Å². The van der Waals surface area contributed by atoms with Gasteiger partial charge in [0.05, 0.1) is 13.3 Å². The Kier molecular flexibility index (Phi) is 9.24. The first kappa shape index (κ1) is 28.9. The number of hydrogen-bond donors (Lipinski definition) is 2. The lowest BCUT2D eigenvalue weighted by atomic mass is 9.85. The number of hydrogen-bond acceptors (Lipinski definition) is 6. The third kappa shape index (κ3) is 7.94. The maximum atomic E-state index is 14.9. The van der Waals surface area contributed by atoms with E-state index < -0.39 is 17.5 Å². The average Bonchev–Trinajstić information content (AvgIpc) is 2.92. The predicted molar refractivity (Wildman–Crippen MR) is 151 cm³/mol. The van der Waals surface area contributed by atoms with Crippen LogP contribution in [0.4, 0.5) is 15.0 Å². The zero-order chi connectivity index (χ0) is 28.7. The first-order chi connectivity index (χ1) is 19.1. The lowest BCUT2D eigenvalue weighted by Crippen LogP contribution is -2.43. The summed E-state index contributed by atoms with van der Waals surface area (Å²) in [6.07, 6.45) is 3.32. The summed E-state index contributed by atoms with van der Waals surface area (Å²) in [5.41, 5.74) is 1.17. The molecule has 2 atom stereocenters. The molecule has 212 valence electrons. The van der Waals surface area contributed by atoms with Crippen LogP contribution in [0.15, 0.2) is 60.8 Å². The molecule has 2 amide bonds. The molecule has 0 aliphatic heterocycles. The molecule has 0 unspecified atom stereocenters. The Hall–Kier alpha value is -4.14. The van der Waals surface area contributed by atoms with Crippen LogP contribution in [-0.2, 0) is 16.1 Å². The minimum atomic E-state index is -0.598. The first-order valence-corrected chi connectivity index (χ1v) is 13.4. The van der Waals surface area contributed by atoms with E-state index in [4.69, 9.17) is 14.2 Å². The second-order valence-corrected chi connectivity index (χ2v) is 10.9. The maximum Gasteiger partial charge on any atom is 0.407 e. The van der Waals surface area contributed by atoms with Crippen molar-refractivity contribution in [1.82, 2.24) is 10.3 Å². The molecule has 1 saturated carbocycles. The molecule has 2 N–H and O–H groups in total. The summed E-state index contributed by atoms with van der Waals surface area (Å²) in [5, 5.41) is 5.69. The number of nitrogens with zero attached hydrogens (tertiary/aromatic N) is 1. The Morgan fingerprint density at radius 3 is 2.55 bits per heavy atom. The van der Waals surface area contributed by atoms with E-state index in [1.807, 2.05) is 30.3 Å². The minimum Gasteiger partial charge on any atom is -0.496 e. The molecular formula is C31H36FN3O5. The topological polar surface area (TPSA) is 98.8 Å². The molecule has 40 heavy (non-hydrogen) atoms. The number of alkyl carbamates (subject to hydrolysis) is 1. The summed E-state index contributed by atoms with van der Waals surface area (Å²) in [4.78, 5) is 29.3. The molecule has 1 aliphatic carbocycles. The van der Waals surface area contributed by atoms with Gasteiger partial charge in [-0.2, -0.15) is 0 Å². The van der Waals surface area contributed by atoms with E-state index in [-0.39, 0.29) is 29.2 Å². The highest BCUT2D eigenvalue weighted by molar-refractivity contribution is 5.92. The molecule has 0 saturated heterocycles. The van der Waals surface area contributed by atoms with Gasteiger partial charge in [0.2, 0.25) is 5.91 Å². The Labute approximate surface area is 234 Å². The van der Waals surface area contributed by atoms with Gasteiger partial charge in [0.1, 0.15) is 35.3 Å². The molecule has 0 radical (unpaired) electrons. The molecule has 4 rings (SSSR count). The largest absolute Gasteiger partial charge is 0.496 e. The summed E-state index contributed by atoms with van der Waals surface area (Å²) >= 11 is 0. The summed E-state index contributed by atoms with van der Waals surface area (Å²) in [5.74, 6) is 0.149. The van der Waals surface area contributed by atoms with Crippen molar-refractivity contribution in [3.63, 3.8) is 0 Å².